The van der Waals surface area contributed by atoms with Gasteiger partial charge < -0.3 is 10.6 Å². The molecule has 0 saturated heterocycles. The van der Waals surface area contributed by atoms with E-state index in [1.165, 1.54) is 5.56 Å². The molecule has 0 atom stereocenters. The first-order valence-electron chi connectivity index (χ1n) is 9.56. The Bertz CT molecular complexity index is 965. The third kappa shape index (κ3) is 5.30. The molecule has 0 saturated carbocycles. The molecule has 2 aromatic carbocycles. The van der Waals surface area contributed by atoms with Gasteiger partial charge in [-0.2, -0.15) is 5.10 Å². The normalized spacial score (nSPS) is 10.6. The van der Waals surface area contributed by atoms with Gasteiger partial charge in [-0.1, -0.05) is 49.4 Å². The molecule has 0 spiro atoms. The van der Waals surface area contributed by atoms with Crippen molar-refractivity contribution >= 4 is 17.6 Å². The molecule has 3 aromatic rings. The Kier molecular flexibility index (Phi) is 6.76. The standard InChI is InChI=1S/C22H25N5O2/c1-3-16-9-11-17(12-10-16)19-13-20(25-22(29)15-24-14-21(28)23-2)27(26-19)18-7-5-4-6-8-18/h4-13,24H,3,14-15H2,1-2H3,(H,23,28)(H,25,29). The maximum absolute atomic E-state index is 12.3. The van der Waals surface area contributed by atoms with Gasteiger partial charge in [-0.25, -0.2) is 4.68 Å². The molecule has 0 unspecified atom stereocenters. The fourth-order valence-corrected chi connectivity index (χ4v) is 2.85. The Morgan fingerprint density at radius 2 is 1.66 bits per heavy atom. The summed E-state index contributed by atoms with van der Waals surface area (Å²) >= 11 is 0. The first-order chi connectivity index (χ1) is 14.1. The molecular weight excluding hydrogens is 366 g/mol. The van der Waals surface area contributed by atoms with Crippen LogP contribution in [0.15, 0.2) is 60.7 Å². The summed E-state index contributed by atoms with van der Waals surface area (Å²) < 4.78 is 1.71. The number of aromatic nitrogens is 2. The van der Waals surface area contributed by atoms with Crippen molar-refractivity contribution in [2.45, 2.75) is 13.3 Å². The van der Waals surface area contributed by atoms with Crippen molar-refractivity contribution in [1.82, 2.24) is 20.4 Å². The number of hydrogen-bond acceptors (Lipinski definition) is 4. The van der Waals surface area contributed by atoms with Crippen LogP contribution in [0.3, 0.4) is 0 Å². The number of hydrogen-bond donors (Lipinski definition) is 3. The number of benzene rings is 2. The highest BCUT2D eigenvalue weighted by Crippen LogP contribution is 2.25. The molecule has 0 bridgehead atoms. The Morgan fingerprint density at radius 3 is 2.31 bits per heavy atom. The van der Waals surface area contributed by atoms with Crippen LogP contribution < -0.4 is 16.0 Å². The van der Waals surface area contributed by atoms with Crippen LogP contribution in [-0.4, -0.2) is 41.7 Å². The molecule has 7 heteroatoms. The van der Waals surface area contributed by atoms with Gasteiger partial charge in [0.05, 0.1) is 24.5 Å². The van der Waals surface area contributed by atoms with E-state index in [9.17, 15) is 9.59 Å². The predicted molar refractivity (Wildman–Crippen MR) is 114 cm³/mol. The summed E-state index contributed by atoms with van der Waals surface area (Å²) in [5.41, 5.74) is 3.85. The third-order valence-electron chi connectivity index (χ3n) is 4.49. The maximum Gasteiger partial charge on any atom is 0.239 e. The lowest BCUT2D eigenvalue weighted by atomic mass is 10.1. The molecule has 2 amide bonds. The Morgan fingerprint density at radius 1 is 0.966 bits per heavy atom. The van der Waals surface area contributed by atoms with Crippen molar-refractivity contribution in [3.05, 3.63) is 66.2 Å². The zero-order valence-corrected chi connectivity index (χ0v) is 16.6. The zero-order valence-electron chi connectivity index (χ0n) is 16.6. The van der Waals surface area contributed by atoms with Gasteiger partial charge in [0.1, 0.15) is 5.82 Å². The lowest BCUT2D eigenvalue weighted by molar-refractivity contribution is -0.120. The lowest BCUT2D eigenvalue weighted by Crippen LogP contribution is -2.36. The van der Waals surface area contributed by atoms with E-state index in [0.717, 1.165) is 23.4 Å². The molecule has 1 aromatic heterocycles. The van der Waals surface area contributed by atoms with Gasteiger partial charge in [0.25, 0.3) is 0 Å². The average Bonchev–Trinajstić information content (AvgIpc) is 3.17. The highest BCUT2D eigenvalue weighted by atomic mass is 16.2. The molecule has 0 radical (unpaired) electrons. The number of carbonyl (C=O) groups excluding carboxylic acids is 2. The van der Waals surface area contributed by atoms with Gasteiger partial charge in [0, 0.05) is 18.7 Å². The number of para-hydroxylation sites is 1. The Balaban J connectivity index is 1.83. The van der Waals surface area contributed by atoms with Gasteiger partial charge in [0.15, 0.2) is 0 Å². The summed E-state index contributed by atoms with van der Waals surface area (Å²) in [4.78, 5) is 23.6. The van der Waals surface area contributed by atoms with Crippen LogP contribution in [0, 0.1) is 0 Å². The van der Waals surface area contributed by atoms with Crippen LogP contribution in [0.2, 0.25) is 0 Å². The summed E-state index contributed by atoms with van der Waals surface area (Å²) in [5.74, 6) is 0.140. The van der Waals surface area contributed by atoms with Crippen molar-refractivity contribution in [3.8, 4) is 16.9 Å². The van der Waals surface area contributed by atoms with Crippen molar-refractivity contribution in [2.24, 2.45) is 0 Å². The van der Waals surface area contributed by atoms with Gasteiger partial charge in [-0.05, 0) is 24.1 Å². The molecule has 0 aliphatic carbocycles. The lowest BCUT2D eigenvalue weighted by Gasteiger charge is -2.09. The smallest absolute Gasteiger partial charge is 0.239 e. The number of carbonyl (C=O) groups is 2. The predicted octanol–water partition coefficient (Wildman–Crippen LogP) is 2.38. The molecular formula is C22H25N5O2. The number of aryl methyl sites for hydroxylation is 1. The van der Waals surface area contributed by atoms with Gasteiger partial charge in [0.2, 0.25) is 11.8 Å². The minimum Gasteiger partial charge on any atom is -0.358 e. The molecule has 3 N–H and O–H groups in total. The second kappa shape index (κ2) is 9.66. The molecule has 3 rings (SSSR count). The number of nitrogens with one attached hydrogen (secondary N) is 3. The molecule has 29 heavy (non-hydrogen) atoms. The van der Waals surface area contributed by atoms with Crippen molar-refractivity contribution < 1.29 is 9.59 Å². The second-order valence-corrected chi connectivity index (χ2v) is 6.54. The summed E-state index contributed by atoms with van der Waals surface area (Å²) in [6, 6.07) is 19.7. The number of anilines is 1. The summed E-state index contributed by atoms with van der Waals surface area (Å²) in [6.45, 7) is 2.22. The second-order valence-electron chi connectivity index (χ2n) is 6.54. The van der Waals surface area contributed by atoms with E-state index in [2.05, 4.69) is 35.0 Å². The first kappa shape index (κ1) is 20.3. The Hall–Kier alpha value is -3.45. The third-order valence-corrected chi connectivity index (χ3v) is 4.49. The fourth-order valence-electron chi connectivity index (χ4n) is 2.85. The van der Waals surface area contributed by atoms with E-state index in [0.29, 0.717) is 5.82 Å². The quantitative estimate of drug-likeness (QED) is 0.550. The molecule has 150 valence electrons. The molecule has 0 fully saturated rings. The van der Waals surface area contributed by atoms with Gasteiger partial charge in [-0.15, -0.1) is 0 Å². The van der Waals surface area contributed by atoms with Crippen LogP contribution >= 0.6 is 0 Å². The van der Waals surface area contributed by atoms with Crippen LogP contribution in [-0.2, 0) is 16.0 Å². The highest BCUT2D eigenvalue weighted by Gasteiger charge is 2.14. The molecule has 0 aliphatic heterocycles. The number of likely N-dealkylation sites (N-methyl/N-ethyl adjacent to an activating group) is 1. The van der Waals surface area contributed by atoms with Gasteiger partial charge >= 0.3 is 0 Å². The monoisotopic (exact) mass is 391 g/mol. The van der Waals surface area contributed by atoms with E-state index in [-0.39, 0.29) is 24.9 Å². The number of nitrogens with zero attached hydrogens (tertiary/aromatic N) is 2. The van der Waals surface area contributed by atoms with Crippen molar-refractivity contribution in [3.63, 3.8) is 0 Å². The van der Waals surface area contributed by atoms with E-state index >= 15 is 0 Å². The molecule has 1 heterocycles. The highest BCUT2D eigenvalue weighted by molar-refractivity contribution is 5.92. The summed E-state index contributed by atoms with van der Waals surface area (Å²) in [7, 11) is 1.55. The van der Waals surface area contributed by atoms with Crippen LogP contribution in [0.5, 0.6) is 0 Å². The van der Waals surface area contributed by atoms with Crippen LogP contribution in [0.4, 0.5) is 5.82 Å². The average molecular weight is 391 g/mol. The molecule has 0 aliphatic rings. The number of rotatable bonds is 8. The van der Waals surface area contributed by atoms with Crippen molar-refractivity contribution in [2.75, 3.05) is 25.5 Å². The van der Waals surface area contributed by atoms with Crippen molar-refractivity contribution in [1.29, 1.82) is 0 Å². The minimum atomic E-state index is -0.251. The largest absolute Gasteiger partial charge is 0.358 e. The summed E-state index contributed by atoms with van der Waals surface area (Å²) in [6.07, 6.45) is 0.975. The van der Waals surface area contributed by atoms with E-state index in [4.69, 9.17) is 5.10 Å². The number of amides is 2. The first-order valence-corrected chi connectivity index (χ1v) is 9.56. The van der Waals surface area contributed by atoms with E-state index < -0.39 is 0 Å². The van der Waals surface area contributed by atoms with Gasteiger partial charge in [-0.3, -0.25) is 14.9 Å². The fraction of sp³-hybridized carbons (Fsp3) is 0.227. The van der Waals surface area contributed by atoms with Crippen LogP contribution in [0.1, 0.15) is 12.5 Å². The van der Waals surface area contributed by atoms with E-state index in [1.807, 2.05) is 48.5 Å². The Labute approximate surface area is 170 Å². The minimum absolute atomic E-state index is 0.0217. The SMILES string of the molecule is CCc1ccc(-c2cc(NC(=O)CNCC(=O)NC)n(-c3ccccc3)n2)cc1. The van der Waals surface area contributed by atoms with Crippen LogP contribution in [0.25, 0.3) is 16.9 Å². The van der Waals surface area contributed by atoms with E-state index in [1.54, 1.807) is 11.7 Å². The molecule has 7 nitrogen and oxygen atoms in total. The zero-order chi connectivity index (χ0) is 20.6. The topological polar surface area (TPSA) is 88.0 Å². The summed E-state index contributed by atoms with van der Waals surface area (Å²) in [5, 5.41) is 12.9. The maximum atomic E-state index is 12.3.